The molecule has 2 aromatic carbocycles. The Balaban J connectivity index is 1.79. The van der Waals surface area contributed by atoms with E-state index in [9.17, 15) is 5.11 Å². The summed E-state index contributed by atoms with van der Waals surface area (Å²) in [7, 11) is 3.52. The fourth-order valence-electron chi connectivity index (χ4n) is 2.63. The molecule has 1 heterocycles. The summed E-state index contributed by atoms with van der Waals surface area (Å²) in [5.74, 6) is 1.31. The van der Waals surface area contributed by atoms with Gasteiger partial charge in [0, 0.05) is 13.6 Å². The molecule has 3 rings (SSSR count). The van der Waals surface area contributed by atoms with E-state index >= 15 is 0 Å². The van der Waals surface area contributed by atoms with Crippen LogP contribution in [-0.4, -0.2) is 21.8 Å². The number of benzene rings is 2. The second-order valence-corrected chi connectivity index (χ2v) is 6.73. The fourth-order valence-corrected chi connectivity index (χ4v) is 3.12. The molecule has 0 atom stereocenters. The molecule has 6 heteroatoms. The minimum atomic E-state index is 0.102. The van der Waals surface area contributed by atoms with Crippen LogP contribution in [0.15, 0.2) is 47.1 Å². The molecule has 0 saturated carbocycles. The van der Waals surface area contributed by atoms with Gasteiger partial charge in [0.2, 0.25) is 5.95 Å². The maximum absolute atomic E-state index is 9.89. The Morgan fingerprint density at radius 2 is 1.96 bits per heavy atom. The summed E-state index contributed by atoms with van der Waals surface area (Å²) in [5.41, 5.74) is 4.38. The van der Waals surface area contributed by atoms with Gasteiger partial charge in [0.25, 0.3) is 0 Å². The number of anilines is 1. The highest BCUT2D eigenvalue weighted by atomic mass is 79.9. The number of hydrogen-bond acceptors (Lipinski definition) is 4. The fraction of sp³-hybridized carbons (Fsp3) is 0.211. The second kappa shape index (κ2) is 7.19. The summed E-state index contributed by atoms with van der Waals surface area (Å²) in [5, 5.41) is 13.2. The van der Waals surface area contributed by atoms with Gasteiger partial charge in [0.15, 0.2) is 11.5 Å². The Bertz CT molecular complexity index is 888. The molecule has 0 amide bonds. The van der Waals surface area contributed by atoms with Gasteiger partial charge >= 0.3 is 0 Å². The van der Waals surface area contributed by atoms with Gasteiger partial charge in [-0.2, -0.15) is 0 Å². The molecule has 0 spiro atoms. The van der Waals surface area contributed by atoms with E-state index in [0.717, 1.165) is 22.8 Å². The minimum absolute atomic E-state index is 0.102. The number of rotatable bonds is 5. The number of aryl methyl sites for hydroxylation is 1. The molecule has 0 radical (unpaired) electrons. The maximum Gasteiger partial charge on any atom is 0.203 e. The third-order valence-corrected chi connectivity index (χ3v) is 4.70. The third kappa shape index (κ3) is 3.64. The van der Waals surface area contributed by atoms with E-state index in [1.165, 1.54) is 12.7 Å². The molecule has 25 heavy (non-hydrogen) atoms. The number of nitrogens with zero attached hydrogens (tertiary/aromatic N) is 2. The van der Waals surface area contributed by atoms with Crippen molar-refractivity contribution in [1.82, 2.24) is 9.55 Å². The predicted molar refractivity (Wildman–Crippen MR) is 103 cm³/mol. The molecule has 130 valence electrons. The van der Waals surface area contributed by atoms with Crippen molar-refractivity contribution in [3.8, 4) is 22.8 Å². The highest BCUT2D eigenvalue weighted by molar-refractivity contribution is 9.10. The standard InChI is InChI=1S/C19H20BrN3O2/c1-12-4-6-14(7-5-12)16-11-22-19(23(16)2)21-10-13-8-15(20)18(24)17(9-13)25-3/h4-9,11,24H,10H2,1-3H3,(H,21,22). The zero-order valence-electron chi connectivity index (χ0n) is 14.4. The Labute approximate surface area is 155 Å². The van der Waals surface area contributed by atoms with Crippen LogP contribution in [0.25, 0.3) is 11.3 Å². The molecule has 1 aromatic heterocycles. The molecule has 0 fully saturated rings. The summed E-state index contributed by atoms with van der Waals surface area (Å²) in [6, 6.07) is 12.0. The first-order valence-electron chi connectivity index (χ1n) is 7.87. The van der Waals surface area contributed by atoms with E-state index < -0.39 is 0 Å². The molecule has 0 aliphatic rings. The van der Waals surface area contributed by atoms with Gasteiger partial charge in [-0.25, -0.2) is 4.98 Å². The zero-order chi connectivity index (χ0) is 18.0. The second-order valence-electron chi connectivity index (χ2n) is 5.87. The molecular formula is C19H20BrN3O2. The topological polar surface area (TPSA) is 59.3 Å². The van der Waals surface area contributed by atoms with E-state index in [4.69, 9.17) is 4.74 Å². The third-order valence-electron chi connectivity index (χ3n) is 4.09. The first-order valence-corrected chi connectivity index (χ1v) is 8.67. The lowest BCUT2D eigenvalue weighted by Gasteiger charge is -2.11. The Kier molecular flexibility index (Phi) is 4.99. The van der Waals surface area contributed by atoms with Gasteiger partial charge in [0.1, 0.15) is 0 Å². The largest absolute Gasteiger partial charge is 0.503 e. The highest BCUT2D eigenvalue weighted by Gasteiger charge is 2.11. The van der Waals surface area contributed by atoms with E-state index in [-0.39, 0.29) is 5.75 Å². The molecule has 0 aliphatic heterocycles. The van der Waals surface area contributed by atoms with E-state index in [0.29, 0.717) is 16.8 Å². The summed E-state index contributed by atoms with van der Waals surface area (Å²) >= 11 is 3.34. The highest BCUT2D eigenvalue weighted by Crippen LogP contribution is 2.35. The first kappa shape index (κ1) is 17.4. The first-order chi connectivity index (χ1) is 12.0. The van der Waals surface area contributed by atoms with Crippen molar-refractivity contribution in [3.63, 3.8) is 0 Å². The van der Waals surface area contributed by atoms with Crippen molar-refractivity contribution in [2.75, 3.05) is 12.4 Å². The monoisotopic (exact) mass is 401 g/mol. The zero-order valence-corrected chi connectivity index (χ0v) is 16.0. The average Bonchev–Trinajstić information content (AvgIpc) is 2.97. The number of aromatic hydroxyl groups is 1. The lowest BCUT2D eigenvalue weighted by Crippen LogP contribution is -2.06. The van der Waals surface area contributed by atoms with Crippen LogP contribution >= 0.6 is 15.9 Å². The van der Waals surface area contributed by atoms with Crippen LogP contribution in [0, 0.1) is 6.92 Å². The van der Waals surface area contributed by atoms with Crippen LogP contribution in [0.1, 0.15) is 11.1 Å². The molecule has 0 unspecified atom stereocenters. The molecule has 0 saturated heterocycles. The Morgan fingerprint density at radius 3 is 2.64 bits per heavy atom. The van der Waals surface area contributed by atoms with Gasteiger partial charge in [-0.1, -0.05) is 29.8 Å². The van der Waals surface area contributed by atoms with Gasteiger partial charge in [-0.05, 0) is 46.1 Å². The van der Waals surface area contributed by atoms with Gasteiger partial charge < -0.3 is 19.7 Å². The minimum Gasteiger partial charge on any atom is -0.503 e. The Morgan fingerprint density at radius 1 is 1.24 bits per heavy atom. The van der Waals surface area contributed by atoms with Gasteiger partial charge in [0.05, 0.1) is 23.5 Å². The summed E-state index contributed by atoms with van der Waals surface area (Å²) in [6.45, 7) is 2.64. The van der Waals surface area contributed by atoms with Crippen molar-refractivity contribution in [2.24, 2.45) is 7.05 Å². The lowest BCUT2D eigenvalue weighted by molar-refractivity contribution is 0.371. The summed E-state index contributed by atoms with van der Waals surface area (Å²) < 4.78 is 7.81. The van der Waals surface area contributed by atoms with Gasteiger partial charge in [-0.15, -0.1) is 0 Å². The van der Waals surface area contributed by atoms with Crippen molar-refractivity contribution < 1.29 is 9.84 Å². The Hall–Kier alpha value is -2.47. The maximum atomic E-state index is 9.89. The number of imidazole rings is 1. The normalized spacial score (nSPS) is 10.7. The van der Waals surface area contributed by atoms with Crippen LogP contribution in [0.2, 0.25) is 0 Å². The summed E-state index contributed by atoms with van der Waals surface area (Å²) in [6.07, 6.45) is 1.86. The number of hydrogen-bond donors (Lipinski definition) is 2. The van der Waals surface area contributed by atoms with Gasteiger partial charge in [-0.3, -0.25) is 0 Å². The smallest absolute Gasteiger partial charge is 0.203 e. The average molecular weight is 402 g/mol. The molecule has 0 aliphatic carbocycles. The number of phenols is 1. The van der Waals surface area contributed by atoms with Crippen LogP contribution in [0.3, 0.4) is 0 Å². The predicted octanol–water partition coefficient (Wildman–Crippen LogP) is 4.48. The van der Waals surface area contributed by atoms with Crippen LogP contribution in [0.5, 0.6) is 11.5 Å². The van der Waals surface area contributed by atoms with Crippen LogP contribution < -0.4 is 10.1 Å². The number of halogens is 1. The number of methoxy groups -OCH3 is 1. The molecular weight excluding hydrogens is 382 g/mol. The molecule has 2 N–H and O–H groups in total. The number of nitrogens with one attached hydrogen (secondary N) is 1. The summed E-state index contributed by atoms with van der Waals surface area (Å²) in [4.78, 5) is 4.47. The SMILES string of the molecule is COc1cc(CNc2ncc(-c3ccc(C)cc3)n2C)cc(Br)c1O. The number of phenolic OH excluding ortho intramolecular Hbond substituents is 1. The van der Waals surface area contributed by atoms with E-state index in [1.54, 1.807) is 6.07 Å². The van der Waals surface area contributed by atoms with Crippen LogP contribution in [0.4, 0.5) is 5.95 Å². The number of aromatic nitrogens is 2. The molecule has 3 aromatic rings. The van der Waals surface area contributed by atoms with Crippen molar-refractivity contribution in [2.45, 2.75) is 13.5 Å². The quantitative estimate of drug-likeness (QED) is 0.661. The molecule has 5 nitrogen and oxygen atoms in total. The van der Waals surface area contributed by atoms with E-state index in [2.05, 4.69) is 57.4 Å². The lowest BCUT2D eigenvalue weighted by atomic mass is 10.1. The van der Waals surface area contributed by atoms with E-state index in [1.807, 2.05) is 23.9 Å². The van der Waals surface area contributed by atoms with Crippen molar-refractivity contribution in [3.05, 3.63) is 58.2 Å². The van der Waals surface area contributed by atoms with Crippen LogP contribution in [-0.2, 0) is 13.6 Å². The number of ether oxygens (including phenoxy) is 1. The van der Waals surface area contributed by atoms with Crippen molar-refractivity contribution >= 4 is 21.9 Å². The molecule has 0 bridgehead atoms. The van der Waals surface area contributed by atoms with Crippen molar-refractivity contribution in [1.29, 1.82) is 0 Å².